The van der Waals surface area contributed by atoms with Crippen molar-refractivity contribution in [2.75, 3.05) is 5.32 Å². The topological polar surface area (TPSA) is 54.0 Å². The summed E-state index contributed by atoms with van der Waals surface area (Å²) in [4.78, 5) is 18.6. The number of carbonyl (C=O) groups excluding carboxylic acids is 1. The fourth-order valence-corrected chi connectivity index (χ4v) is 4.18. The third-order valence-electron chi connectivity index (χ3n) is 2.79. The Morgan fingerprint density at radius 1 is 1.24 bits per heavy atom. The molecule has 0 saturated carbocycles. The van der Waals surface area contributed by atoms with Crippen LogP contribution in [0, 0.1) is 6.92 Å². The molecular formula is C14H13N3OS3. The molecule has 0 aliphatic carbocycles. The summed E-state index contributed by atoms with van der Waals surface area (Å²) in [5.41, 5.74) is 0.972. The van der Waals surface area contributed by atoms with Crippen LogP contribution in [0.2, 0.25) is 0 Å². The van der Waals surface area contributed by atoms with Crippen molar-refractivity contribution in [2.24, 2.45) is 0 Å². The van der Waals surface area contributed by atoms with Crippen LogP contribution in [-0.4, -0.2) is 11.0 Å². The van der Waals surface area contributed by atoms with Crippen LogP contribution in [0.3, 0.4) is 0 Å². The van der Waals surface area contributed by atoms with Gasteiger partial charge < -0.3 is 5.32 Å². The number of thiazole rings is 1. The number of aromatic nitrogens is 1. The third-order valence-corrected chi connectivity index (χ3v) is 5.77. The van der Waals surface area contributed by atoms with Gasteiger partial charge in [-0.3, -0.25) is 5.32 Å². The second-order valence-corrected chi connectivity index (χ2v) is 7.27. The standard InChI is InChI=1S/C14H13N3OS3/c1-9-11(21-13(16-9)10-4-2-6-19-10)8-15-14(18)17-12-5-3-7-20-12/h2-7H,8H2,1H3,(H2,15,17,18). The van der Waals surface area contributed by atoms with Gasteiger partial charge in [0.2, 0.25) is 0 Å². The van der Waals surface area contributed by atoms with Gasteiger partial charge in [-0.2, -0.15) is 0 Å². The fraction of sp³-hybridized carbons (Fsp3) is 0.143. The second kappa shape index (κ2) is 6.38. The molecule has 7 heteroatoms. The van der Waals surface area contributed by atoms with Crippen LogP contribution in [0.4, 0.5) is 9.80 Å². The zero-order valence-electron chi connectivity index (χ0n) is 11.3. The monoisotopic (exact) mass is 335 g/mol. The molecule has 0 aliphatic heterocycles. The van der Waals surface area contributed by atoms with Crippen molar-refractivity contribution in [3.05, 3.63) is 45.6 Å². The Kier molecular flexibility index (Phi) is 4.33. The molecule has 3 aromatic rings. The van der Waals surface area contributed by atoms with Crippen molar-refractivity contribution in [1.29, 1.82) is 0 Å². The van der Waals surface area contributed by atoms with Crippen LogP contribution < -0.4 is 10.6 Å². The van der Waals surface area contributed by atoms with Gasteiger partial charge in [-0.15, -0.1) is 34.0 Å². The largest absolute Gasteiger partial charge is 0.333 e. The van der Waals surface area contributed by atoms with Gasteiger partial charge >= 0.3 is 6.03 Å². The molecule has 0 bridgehead atoms. The molecule has 108 valence electrons. The molecule has 0 saturated heterocycles. The van der Waals surface area contributed by atoms with Gasteiger partial charge in [0.1, 0.15) is 5.01 Å². The summed E-state index contributed by atoms with van der Waals surface area (Å²) in [7, 11) is 0. The molecule has 3 rings (SSSR count). The van der Waals surface area contributed by atoms with E-state index in [1.165, 1.54) is 11.3 Å². The summed E-state index contributed by atoms with van der Waals surface area (Å²) in [5.74, 6) is 0. The van der Waals surface area contributed by atoms with Crippen LogP contribution in [0.5, 0.6) is 0 Å². The van der Waals surface area contributed by atoms with Crippen LogP contribution in [0.15, 0.2) is 35.0 Å². The molecule has 0 aromatic carbocycles. The number of urea groups is 1. The third kappa shape index (κ3) is 3.49. The molecule has 3 aromatic heterocycles. The van der Waals surface area contributed by atoms with Crippen LogP contribution in [0.1, 0.15) is 10.6 Å². The molecule has 4 nitrogen and oxygen atoms in total. The highest BCUT2D eigenvalue weighted by Crippen LogP contribution is 2.30. The maximum atomic E-state index is 11.8. The van der Waals surface area contributed by atoms with E-state index in [1.54, 1.807) is 22.7 Å². The normalized spacial score (nSPS) is 10.5. The van der Waals surface area contributed by atoms with Gasteiger partial charge in [0, 0.05) is 4.88 Å². The van der Waals surface area contributed by atoms with Gasteiger partial charge in [-0.05, 0) is 35.9 Å². The molecule has 21 heavy (non-hydrogen) atoms. The molecule has 2 amide bonds. The highest BCUT2D eigenvalue weighted by molar-refractivity contribution is 7.21. The predicted octanol–water partition coefficient (Wildman–Crippen LogP) is 4.56. The Hall–Kier alpha value is -1.70. The summed E-state index contributed by atoms with van der Waals surface area (Å²) in [5, 5.41) is 11.5. The van der Waals surface area contributed by atoms with Crippen molar-refractivity contribution in [2.45, 2.75) is 13.5 Å². The number of hydrogen-bond donors (Lipinski definition) is 2. The van der Waals surface area contributed by atoms with E-state index in [0.29, 0.717) is 6.54 Å². The predicted molar refractivity (Wildman–Crippen MR) is 90.3 cm³/mol. The van der Waals surface area contributed by atoms with E-state index in [0.717, 1.165) is 25.5 Å². The number of rotatable bonds is 4. The first kappa shape index (κ1) is 14.2. The maximum absolute atomic E-state index is 11.8. The SMILES string of the molecule is Cc1nc(-c2cccs2)sc1CNC(=O)Nc1cccs1. The molecule has 0 aliphatic rings. The number of nitrogens with one attached hydrogen (secondary N) is 2. The number of amides is 2. The van der Waals surface area contributed by atoms with Gasteiger partial charge in [-0.1, -0.05) is 6.07 Å². The molecular weight excluding hydrogens is 322 g/mol. The number of carbonyl (C=O) groups is 1. The minimum absolute atomic E-state index is 0.192. The van der Waals surface area contributed by atoms with Gasteiger partial charge in [0.05, 0.1) is 22.1 Å². The summed E-state index contributed by atoms with van der Waals surface area (Å²) in [6, 6.07) is 7.66. The van der Waals surface area contributed by atoms with E-state index >= 15 is 0 Å². The van der Waals surface area contributed by atoms with Crippen molar-refractivity contribution in [3.8, 4) is 9.88 Å². The lowest BCUT2D eigenvalue weighted by atomic mass is 10.4. The first-order chi connectivity index (χ1) is 10.2. The Morgan fingerprint density at radius 3 is 2.76 bits per heavy atom. The lowest BCUT2D eigenvalue weighted by Gasteiger charge is -2.04. The Bertz CT molecular complexity index is 717. The van der Waals surface area contributed by atoms with E-state index in [4.69, 9.17) is 0 Å². The number of nitrogens with zero attached hydrogens (tertiary/aromatic N) is 1. The minimum Gasteiger partial charge on any atom is -0.333 e. The van der Waals surface area contributed by atoms with E-state index in [-0.39, 0.29) is 6.03 Å². The quantitative estimate of drug-likeness (QED) is 0.734. The average Bonchev–Trinajstić information content (AvgIpc) is 3.17. The number of thiophene rings is 2. The lowest BCUT2D eigenvalue weighted by Crippen LogP contribution is -2.27. The zero-order chi connectivity index (χ0) is 14.7. The Labute approximate surface area is 134 Å². The van der Waals surface area contributed by atoms with Crippen LogP contribution >= 0.6 is 34.0 Å². The summed E-state index contributed by atoms with van der Waals surface area (Å²) in [6.45, 7) is 2.47. The average molecular weight is 335 g/mol. The minimum atomic E-state index is -0.192. The van der Waals surface area contributed by atoms with Gasteiger partial charge in [0.25, 0.3) is 0 Å². The van der Waals surface area contributed by atoms with E-state index < -0.39 is 0 Å². The maximum Gasteiger partial charge on any atom is 0.320 e. The molecule has 0 fully saturated rings. The summed E-state index contributed by atoms with van der Waals surface area (Å²) >= 11 is 4.80. The molecule has 0 spiro atoms. The molecule has 0 atom stereocenters. The van der Waals surface area contributed by atoms with E-state index in [1.807, 2.05) is 35.9 Å². The summed E-state index contributed by atoms with van der Waals surface area (Å²) in [6.07, 6.45) is 0. The van der Waals surface area contributed by atoms with Crippen molar-refractivity contribution >= 4 is 45.0 Å². The van der Waals surface area contributed by atoms with Crippen molar-refractivity contribution in [3.63, 3.8) is 0 Å². The first-order valence-electron chi connectivity index (χ1n) is 6.31. The molecule has 2 N–H and O–H groups in total. The van der Waals surface area contributed by atoms with Crippen molar-refractivity contribution in [1.82, 2.24) is 10.3 Å². The first-order valence-corrected chi connectivity index (χ1v) is 8.88. The fourth-order valence-electron chi connectivity index (χ4n) is 1.76. The summed E-state index contributed by atoms with van der Waals surface area (Å²) < 4.78 is 0. The number of hydrogen-bond acceptors (Lipinski definition) is 5. The second-order valence-electron chi connectivity index (χ2n) is 4.29. The number of anilines is 1. The zero-order valence-corrected chi connectivity index (χ0v) is 13.7. The highest BCUT2D eigenvalue weighted by Gasteiger charge is 2.11. The van der Waals surface area contributed by atoms with Gasteiger partial charge in [-0.25, -0.2) is 9.78 Å². The Morgan fingerprint density at radius 2 is 2.05 bits per heavy atom. The lowest BCUT2D eigenvalue weighted by molar-refractivity contribution is 0.252. The molecule has 0 radical (unpaired) electrons. The Balaban J connectivity index is 1.61. The molecule has 0 unspecified atom stereocenters. The smallest absolute Gasteiger partial charge is 0.320 e. The highest BCUT2D eigenvalue weighted by atomic mass is 32.1. The van der Waals surface area contributed by atoms with Crippen LogP contribution in [-0.2, 0) is 6.54 Å². The van der Waals surface area contributed by atoms with Crippen molar-refractivity contribution < 1.29 is 4.79 Å². The molecule has 3 heterocycles. The van der Waals surface area contributed by atoms with Gasteiger partial charge in [0.15, 0.2) is 0 Å². The van der Waals surface area contributed by atoms with E-state index in [2.05, 4.69) is 21.7 Å². The van der Waals surface area contributed by atoms with Crippen LogP contribution in [0.25, 0.3) is 9.88 Å². The van der Waals surface area contributed by atoms with E-state index in [9.17, 15) is 4.79 Å². The number of aryl methyl sites for hydroxylation is 1.